The van der Waals surface area contributed by atoms with Crippen molar-refractivity contribution in [3.05, 3.63) is 60.0 Å². The number of hydrogen-bond donors (Lipinski definition) is 0. The number of benzene rings is 2. The molecule has 0 atom stereocenters. The van der Waals surface area contributed by atoms with Crippen molar-refractivity contribution in [1.29, 1.82) is 0 Å². The maximum Gasteiger partial charge on any atom is 0.245 e. The zero-order chi connectivity index (χ0) is 22.1. The van der Waals surface area contributed by atoms with Crippen LogP contribution in [0.1, 0.15) is 0 Å². The second kappa shape index (κ2) is 8.33. The molecule has 0 fully saturated rings. The lowest BCUT2D eigenvalue weighted by atomic mass is 10.1. The SMILES string of the molecule is CN(C)CC/N=c1\c2ccccc2cc(N(S(C)(=O)=O)S(C)(=O)=O)c2ccccc12. The van der Waals surface area contributed by atoms with E-state index < -0.39 is 20.0 Å². The minimum absolute atomic E-state index is 0.0841. The van der Waals surface area contributed by atoms with E-state index in [1.54, 1.807) is 18.2 Å². The average molecular weight is 448 g/mol. The molecule has 0 bridgehead atoms. The lowest BCUT2D eigenvalue weighted by Gasteiger charge is -2.20. The Morgan fingerprint density at radius 2 is 1.33 bits per heavy atom. The summed E-state index contributed by atoms with van der Waals surface area (Å²) in [5, 5.41) is 3.40. The Balaban J connectivity index is 2.56. The molecule has 9 heteroatoms. The number of fused-ring (bicyclic) bond motifs is 2. The van der Waals surface area contributed by atoms with Crippen molar-refractivity contribution in [2.24, 2.45) is 4.99 Å². The maximum absolute atomic E-state index is 12.5. The first-order valence-electron chi connectivity index (χ1n) is 9.30. The van der Waals surface area contributed by atoms with Crippen LogP contribution < -0.4 is 9.07 Å². The Morgan fingerprint density at radius 3 is 1.90 bits per heavy atom. The van der Waals surface area contributed by atoms with Crippen molar-refractivity contribution in [2.45, 2.75) is 0 Å². The number of likely N-dealkylation sites (N-methyl/N-ethyl adjacent to an activating group) is 1. The number of hydrogen-bond acceptors (Lipinski definition) is 6. The molecular formula is C21H25N3O4S2. The zero-order valence-corrected chi connectivity index (χ0v) is 19.0. The molecule has 0 aliphatic rings. The van der Waals surface area contributed by atoms with Gasteiger partial charge in [-0.2, -0.15) is 3.71 Å². The third-order valence-corrected chi connectivity index (χ3v) is 7.81. The van der Waals surface area contributed by atoms with E-state index >= 15 is 0 Å². The summed E-state index contributed by atoms with van der Waals surface area (Å²) < 4.78 is 50.5. The van der Waals surface area contributed by atoms with Crippen LogP contribution in [-0.2, 0) is 20.0 Å². The molecule has 0 aromatic heterocycles. The van der Waals surface area contributed by atoms with Crippen LogP contribution in [0.5, 0.6) is 0 Å². The van der Waals surface area contributed by atoms with Gasteiger partial charge in [-0.1, -0.05) is 48.5 Å². The second-order valence-electron chi connectivity index (χ2n) is 7.42. The van der Waals surface area contributed by atoms with Gasteiger partial charge in [-0.25, -0.2) is 16.8 Å². The first-order chi connectivity index (χ1) is 14.0. The molecular weight excluding hydrogens is 422 g/mol. The Labute approximate surface area is 177 Å². The molecule has 160 valence electrons. The van der Waals surface area contributed by atoms with Gasteiger partial charge in [0.15, 0.2) is 0 Å². The van der Waals surface area contributed by atoms with Gasteiger partial charge in [-0.3, -0.25) is 4.99 Å². The van der Waals surface area contributed by atoms with Crippen molar-refractivity contribution in [3.63, 3.8) is 0 Å². The van der Waals surface area contributed by atoms with Crippen molar-refractivity contribution in [1.82, 2.24) is 4.90 Å². The molecule has 3 aromatic carbocycles. The summed E-state index contributed by atoms with van der Waals surface area (Å²) in [6.07, 6.45) is 1.78. The first kappa shape index (κ1) is 22.2. The Bertz CT molecular complexity index is 1350. The molecule has 0 saturated heterocycles. The minimum Gasteiger partial charge on any atom is -0.308 e. The van der Waals surface area contributed by atoms with Gasteiger partial charge < -0.3 is 4.90 Å². The summed E-state index contributed by atoms with van der Waals surface area (Å²) in [5.41, 5.74) is 0.0841. The smallest absolute Gasteiger partial charge is 0.245 e. The van der Waals surface area contributed by atoms with Gasteiger partial charge in [-0.15, -0.1) is 0 Å². The fourth-order valence-electron chi connectivity index (χ4n) is 3.41. The number of rotatable bonds is 6. The fraction of sp³-hybridized carbons (Fsp3) is 0.286. The fourth-order valence-corrected chi connectivity index (χ4v) is 6.39. The van der Waals surface area contributed by atoms with Crippen LogP contribution in [-0.4, -0.2) is 61.4 Å². The highest BCUT2D eigenvalue weighted by Gasteiger charge is 2.29. The molecule has 3 aromatic rings. The Morgan fingerprint density at radius 1 is 0.800 bits per heavy atom. The largest absolute Gasteiger partial charge is 0.308 e. The third-order valence-electron chi connectivity index (χ3n) is 4.58. The molecule has 0 spiro atoms. The lowest BCUT2D eigenvalue weighted by Crippen LogP contribution is -2.35. The predicted octanol–water partition coefficient (Wildman–Crippen LogP) is 2.18. The van der Waals surface area contributed by atoms with Gasteiger partial charge >= 0.3 is 0 Å². The van der Waals surface area contributed by atoms with Crippen LogP contribution in [0.15, 0.2) is 59.6 Å². The monoisotopic (exact) mass is 447 g/mol. The van der Waals surface area contributed by atoms with E-state index in [9.17, 15) is 16.8 Å². The summed E-state index contributed by atoms with van der Waals surface area (Å²) >= 11 is 0. The van der Waals surface area contributed by atoms with E-state index in [4.69, 9.17) is 4.99 Å². The summed E-state index contributed by atoms with van der Waals surface area (Å²) in [6.45, 7) is 1.29. The normalized spacial score (nSPS) is 13.3. The first-order valence-corrected chi connectivity index (χ1v) is 13.0. The van der Waals surface area contributed by atoms with Crippen molar-refractivity contribution < 1.29 is 16.8 Å². The highest BCUT2D eigenvalue weighted by atomic mass is 32.3. The number of sulfonamides is 2. The molecule has 7 nitrogen and oxygen atoms in total. The summed E-state index contributed by atoms with van der Waals surface area (Å²) in [7, 11) is -4.27. The van der Waals surface area contributed by atoms with Crippen LogP contribution in [0.4, 0.5) is 5.69 Å². The van der Waals surface area contributed by atoms with E-state index in [0.717, 1.165) is 24.4 Å². The summed E-state index contributed by atoms with van der Waals surface area (Å²) in [4.78, 5) is 6.83. The molecule has 0 heterocycles. The molecule has 0 aliphatic carbocycles. The molecule has 0 aliphatic heterocycles. The van der Waals surface area contributed by atoms with Crippen molar-refractivity contribution in [2.75, 3.05) is 43.4 Å². The van der Waals surface area contributed by atoms with Gasteiger partial charge in [0.05, 0.1) is 30.1 Å². The quantitative estimate of drug-likeness (QED) is 0.578. The zero-order valence-electron chi connectivity index (χ0n) is 17.4. The molecule has 0 saturated carbocycles. The predicted molar refractivity (Wildman–Crippen MR) is 123 cm³/mol. The van der Waals surface area contributed by atoms with Crippen molar-refractivity contribution >= 4 is 47.3 Å². The molecule has 0 radical (unpaired) electrons. The van der Waals surface area contributed by atoms with Gasteiger partial charge in [0.25, 0.3) is 0 Å². The van der Waals surface area contributed by atoms with Crippen molar-refractivity contribution in [3.8, 4) is 0 Å². The van der Waals surface area contributed by atoms with Gasteiger partial charge in [0.1, 0.15) is 0 Å². The van der Waals surface area contributed by atoms with Gasteiger partial charge in [0.2, 0.25) is 20.0 Å². The van der Waals surface area contributed by atoms with E-state index in [0.29, 0.717) is 31.8 Å². The number of anilines is 1. The maximum atomic E-state index is 12.5. The number of nitrogens with zero attached hydrogens (tertiary/aromatic N) is 3. The Hall–Kier alpha value is -2.49. The Kier molecular flexibility index (Phi) is 6.16. The van der Waals surface area contributed by atoms with Crippen LogP contribution in [0.2, 0.25) is 0 Å². The van der Waals surface area contributed by atoms with Crippen LogP contribution in [0.3, 0.4) is 0 Å². The molecule has 30 heavy (non-hydrogen) atoms. The topological polar surface area (TPSA) is 87.1 Å². The summed E-state index contributed by atoms with van der Waals surface area (Å²) in [6, 6.07) is 16.2. The van der Waals surface area contributed by atoms with Gasteiger partial charge in [0, 0.05) is 22.7 Å². The van der Waals surface area contributed by atoms with Crippen LogP contribution in [0.25, 0.3) is 21.5 Å². The third kappa shape index (κ3) is 4.63. The molecule has 0 amide bonds. The molecule has 3 rings (SSSR count). The molecule has 0 unspecified atom stereocenters. The van der Waals surface area contributed by atoms with E-state index in [2.05, 4.69) is 0 Å². The molecule has 0 N–H and O–H groups in total. The lowest BCUT2D eigenvalue weighted by molar-refractivity contribution is 0.419. The standard InChI is InChI=1S/C21H25N3O4S2/c1-23(2)14-13-22-21-17-10-6-5-9-16(17)15-20(18-11-7-8-12-19(18)21)24(29(3,25)26)30(4,27)28/h5-12,15H,13-14H2,1-4H3/b22-21+. The van der Waals surface area contributed by atoms with Crippen LogP contribution >= 0.6 is 0 Å². The second-order valence-corrected chi connectivity index (χ2v) is 11.3. The minimum atomic E-state index is -4.10. The summed E-state index contributed by atoms with van der Waals surface area (Å²) in [5.74, 6) is 0. The van der Waals surface area contributed by atoms with Crippen LogP contribution in [0, 0.1) is 0 Å². The van der Waals surface area contributed by atoms with E-state index in [-0.39, 0.29) is 5.69 Å². The van der Waals surface area contributed by atoms with Gasteiger partial charge in [-0.05, 0) is 25.5 Å². The highest BCUT2D eigenvalue weighted by Crippen LogP contribution is 2.31. The van der Waals surface area contributed by atoms with E-state index in [1.807, 2.05) is 55.4 Å². The average Bonchev–Trinajstić information content (AvgIpc) is 2.75. The van der Waals surface area contributed by atoms with E-state index in [1.165, 1.54) is 0 Å². The highest BCUT2D eigenvalue weighted by molar-refractivity contribution is 8.09.